The van der Waals surface area contributed by atoms with Crippen molar-refractivity contribution < 1.29 is 0 Å². The van der Waals surface area contributed by atoms with E-state index in [9.17, 15) is 0 Å². The number of hydrogen-bond acceptors (Lipinski definition) is 4. The summed E-state index contributed by atoms with van der Waals surface area (Å²) in [5.41, 5.74) is 0. The number of hydrogen-bond donors (Lipinski definition) is 1. The molecule has 0 unspecified atom stereocenters. The number of nitrogens with zero attached hydrogens (tertiary/aromatic N) is 3. The van der Waals surface area contributed by atoms with Gasteiger partial charge in [0.1, 0.15) is 5.82 Å². The summed E-state index contributed by atoms with van der Waals surface area (Å²) in [6, 6.07) is 0. The SMILES string of the molecule is CCN(C)CCNc1nc(Cl)ncc1Br. The average Bonchev–Trinajstić information content (AvgIpc) is 2.23. The molecule has 0 aromatic carbocycles. The van der Waals surface area contributed by atoms with Crippen LogP contribution in [-0.2, 0) is 0 Å². The molecule has 0 aliphatic carbocycles. The summed E-state index contributed by atoms with van der Waals surface area (Å²) in [5.74, 6) is 0.736. The highest BCUT2D eigenvalue weighted by Crippen LogP contribution is 2.19. The minimum Gasteiger partial charge on any atom is -0.368 e. The molecule has 0 aliphatic heterocycles. The van der Waals surface area contributed by atoms with E-state index in [0.717, 1.165) is 29.9 Å². The third-order valence-electron chi connectivity index (χ3n) is 2.04. The van der Waals surface area contributed by atoms with Crippen molar-refractivity contribution >= 4 is 33.3 Å². The van der Waals surface area contributed by atoms with Gasteiger partial charge in [-0.05, 0) is 41.1 Å². The van der Waals surface area contributed by atoms with Crippen LogP contribution in [0.15, 0.2) is 10.7 Å². The number of aromatic nitrogens is 2. The lowest BCUT2D eigenvalue weighted by molar-refractivity contribution is 0.367. The molecule has 1 aromatic heterocycles. The molecule has 4 nitrogen and oxygen atoms in total. The van der Waals surface area contributed by atoms with E-state index in [-0.39, 0.29) is 5.28 Å². The smallest absolute Gasteiger partial charge is 0.224 e. The van der Waals surface area contributed by atoms with Crippen molar-refractivity contribution in [1.82, 2.24) is 14.9 Å². The van der Waals surface area contributed by atoms with Crippen LogP contribution in [0.5, 0.6) is 0 Å². The first kappa shape index (κ1) is 12.7. The molecular weight excluding hydrogens is 279 g/mol. The van der Waals surface area contributed by atoms with Gasteiger partial charge in [0.25, 0.3) is 0 Å². The van der Waals surface area contributed by atoms with Crippen LogP contribution in [0.1, 0.15) is 6.92 Å². The zero-order valence-corrected chi connectivity index (χ0v) is 11.1. The van der Waals surface area contributed by atoms with E-state index in [1.54, 1.807) is 6.20 Å². The monoisotopic (exact) mass is 292 g/mol. The van der Waals surface area contributed by atoms with Gasteiger partial charge in [-0.25, -0.2) is 4.98 Å². The Morgan fingerprint density at radius 2 is 2.33 bits per heavy atom. The lowest BCUT2D eigenvalue weighted by Gasteiger charge is -2.14. The maximum absolute atomic E-state index is 5.69. The molecule has 15 heavy (non-hydrogen) atoms. The van der Waals surface area contributed by atoms with Gasteiger partial charge < -0.3 is 10.2 Å². The Labute approximate surface area is 103 Å². The highest BCUT2D eigenvalue weighted by Gasteiger charge is 2.03. The fourth-order valence-electron chi connectivity index (χ4n) is 0.993. The van der Waals surface area contributed by atoms with E-state index in [4.69, 9.17) is 11.6 Å². The van der Waals surface area contributed by atoms with Crippen LogP contribution in [0.3, 0.4) is 0 Å². The lowest BCUT2D eigenvalue weighted by Crippen LogP contribution is -2.25. The van der Waals surface area contributed by atoms with E-state index < -0.39 is 0 Å². The zero-order valence-electron chi connectivity index (χ0n) is 8.80. The van der Waals surface area contributed by atoms with Gasteiger partial charge in [0.15, 0.2) is 0 Å². The van der Waals surface area contributed by atoms with Crippen molar-refractivity contribution in [3.63, 3.8) is 0 Å². The predicted molar refractivity (Wildman–Crippen MR) is 66.4 cm³/mol. The molecule has 0 bridgehead atoms. The molecule has 1 N–H and O–H groups in total. The second-order valence-electron chi connectivity index (χ2n) is 3.16. The van der Waals surface area contributed by atoms with Gasteiger partial charge in [0, 0.05) is 19.3 Å². The van der Waals surface area contributed by atoms with Crippen molar-refractivity contribution in [3.05, 3.63) is 16.0 Å². The van der Waals surface area contributed by atoms with E-state index in [1.165, 1.54) is 0 Å². The second-order valence-corrected chi connectivity index (χ2v) is 4.35. The predicted octanol–water partition coefficient (Wildman–Crippen LogP) is 2.26. The Hall–Kier alpha value is -0.390. The Balaban J connectivity index is 2.46. The molecule has 1 aromatic rings. The Bertz CT molecular complexity index is 321. The summed E-state index contributed by atoms with van der Waals surface area (Å²) < 4.78 is 0.825. The standard InChI is InChI=1S/C9H14BrClN4/c1-3-15(2)5-4-12-8-7(10)6-13-9(11)14-8/h6H,3-5H2,1-2H3,(H,12,13,14). The van der Waals surface area contributed by atoms with Crippen molar-refractivity contribution in [1.29, 1.82) is 0 Å². The number of halogens is 2. The molecule has 0 spiro atoms. The Morgan fingerprint density at radius 3 is 3.00 bits per heavy atom. The molecule has 0 amide bonds. The molecule has 84 valence electrons. The average molecular weight is 294 g/mol. The van der Waals surface area contributed by atoms with E-state index in [2.05, 4.69) is 50.1 Å². The zero-order chi connectivity index (χ0) is 11.3. The van der Waals surface area contributed by atoms with Gasteiger partial charge in [0.05, 0.1) is 4.47 Å². The molecule has 0 saturated carbocycles. The first-order valence-corrected chi connectivity index (χ1v) is 5.91. The van der Waals surface area contributed by atoms with E-state index in [0.29, 0.717) is 0 Å². The fraction of sp³-hybridized carbons (Fsp3) is 0.556. The first-order chi connectivity index (χ1) is 7.13. The molecule has 1 rings (SSSR count). The first-order valence-electron chi connectivity index (χ1n) is 4.74. The number of anilines is 1. The van der Waals surface area contributed by atoms with Crippen molar-refractivity contribution in [2.75, 3.05) is 32.0 Å². The molecule has 0 radical (unpaired) electrons. The van der Waals surface area contributed by atoms with Crippen LogP contribution in [0.4, 0.5) is 5.82 Å². The quantitative estimate of drug-likeness (QED) is 0.846. The third kappa shape index (κ3) is 4.32. The molecule has 6 heteroatoms. The maximum Gasteiger partial charge on any atom is 0.224 e. The summed E-state index contributed by atoms with van der Waals surface area (Å²) in [7, 11) is 2.07. The van der Waals surface area contributed by atoms with Gasteiger partial charge in [0.2, 0.25) is 5.28 Å². The van der Waals surface area contributed by atoms with Gasteiger partial charge in [-0.15, -0.1) is 0 Å². The van der Waals surface area contributed by atoms with Crippen molar-refractivity contribution in [3.8, 4) is 0 Å². The van der Waals surface area contributed by atoms with Crippen LogP contribution >= 0.6 is 27.5 Å². The van der Waals surface area contributed by atoms with Crippen LogP contribution < -0.4 is 5.32 Å². The molecule has 0 aliphatic rings. The lowest BCUT2D eigenvalue weighted by atomic mass is 10.5. The largest absolute Gasteiger partial charge is 0.368 e. The highest BCUT2D eigenvalue weighted by atomic mass is 79.9. The van der Waals surface area contributed by atoms with Crippen LogP contribution in [-0.4, -0.2) is 41.5 Å². The molecule has 0 saturated heterocycles. The van der Waals surface area contributed by atoms with Crippen molar-refractivity contribution in [2.45, 2.75) is 6.92 Å². The fourth-order valence-corrected chi connectivity index (χ4v) is 1.46. The van der Waals surface area contributed by atoms with Crippen LogP contribution in [0.2, 0.25) is 5.28 Å². The summed E-state index contributed by atoms with van der Waals surface area (Å²) in [6.45, 7) is 4.95. The molecule has 0 fully saturated rings. The minimum absolute atomic E-state index is 0.254. The van der Waals surface area contributed by atoms with Crippen molar-refractivity contribution in [2.24, 2.45) is 0 Å². The molecule has 1 heterocycles. The number of nitrogens with one attached hydrogen (secondary N) is 1. The second kappa shape index (κ2) is 6.25. The van der Waals surface area contributed by atoms with Gasteiger partial charge >= 0.3 is 0 Å². The highest BCUT2D eigenvalue weighted by molar-refractivity contribution is 9.10. The molecule has 0 atom stereocenters. The minimum atomic E-state index is 0.254. The van der Waals surface area contributed by atoms with Gasteiger partial charge in [-0.1, -0.05) is 6.92 Å². The third-order valence-corrected chi connectivity index (χ3v) is 2.80. The van der Waals surface area contributed by atoms with Crippen LogP contribution in [0, 0.1) is 0 Å². The summed E-state index contributed by atoms with van der Waals surface area (Å²) in [6.07, 6.45) is 1.64. The van der Waals surface area contributed by atoms with Crippen LogP contribution in [0.25, 0.3) is 0 Å². The topological polar surface area (TPSA) is 41.0 Å². The van der Waals surface area contributed by atoms with Gasteiger partial charge in [-0.3, -0.25) is 0 Å². The number of likely N-dealkylation sites (N-methyl/N-ethyl adjacent to an activating group) is 1. The number of rotatable bonds is 5. The van der Waals surface area contributed by atoms with Gasteiger partial charge in [-0.2, -0.15) is 4.98 Å². The Kier molecular flexibility index (Phi) is 5.28. The van der Waals surface area contributed by atoms with E-state index >= 15 is 0 Å². The maximum atomic E-state index is 5.69. The van der Waals surface area contributed by atoms with E-state index in [1.807, 2.05) is 0 Å². The Morgan fingerprint density at radius 1 is 1.60 bits per heavy atom. The normalized spacial score (nSPS) is 10.7. The molecular formula is C9H14BrClN4. The summed E-state index contributed by atoms with van der Waals surface area (Å²) >= 11 is 9.05. The summed E-state index contributed by atoms with van der Waals surface area (Å²) in [5, 5.41) is 3.45. The summed E-state index contributed by atoms with van der Waals surface area (Å²) in [4.78, 5) is 10.1.